The smallest absolute Gasteiger partial charge is 0.318 e. The Balaban J connectivity index is 1.42. The van der Waals surface area contributed by atoms with E-state index in [4.69, 9.17) is 14.5 Å². The summed E-state index contributed by atoms with van der Waals surface area (Å²) in [7, 11) is 1.60. The van der Waals surface area contributed by atoms with Crippen molar-refractivity contribution in [2.45, 2.75) is 38.4 Å². The summed E-state index contributed by atoms with van der Waals surface area (Å²) in [4.78, 5) is 25.3. The fourth-order valence-electron chi connectivity index (χ4n) is 5.00. The number of aryl methyl sites for hydroxylation is 1. The van der Waals surface area contributed by atoms with Crippen LogP contribution in [0.4, 0.5) is 5.82 Å². The van der Waals surface area contributed by atoms with Crippen LogP contribution in [0.5, 0.6) is 6.01 Å². The van der Waals surface area contributed by atoms with Crippen molar-refractivity contribution < 1.29 is 14.3 Å². The number of nitrogens with zero attached hydrogens (tertiary/aromatic N) is 4. The number of anilines is 1. The third-order valence-corrected chi connectivity index (χ3v) is 6.64. The zero-order valence-electron chi connectivity index (χ0n) is 18.0. The molecule has 1 amide bonds. The summed E-state index contributed by atoms with van der Waals surface area (Å²) in [6.07, 6.45) is 5.61. The number of benzene rings is 1. The van der Waals surface area contributed by atoms with Crippen molar-refractivity contribution in [3.05, 3.63) is 58.8 Å². The van der Waals surface area contributed by atoms with Crippen LogP contribution in [0.15, 0.2) is 30.9 Å². The van der Waals surface area contributed by atoms with Crippen molar-refractivity contribution in [1.29, 1.82) is 0 Å². The lowest BCUT2D eigenvalue weighted by atomic mass is 9.93. The average molecular weight is 421 g/mol. The van der Waals surface area contributed by atoms with E-state index in [0.717, 1.165) is 29.9 Å². The Kier molecular flexibility index (Phi) is 5.36. The largest absolute Gasteiger partial charge is 0.467 e. The van der Waals surface area contributed by atoms with Gasteiger partial charge in [-0.05, 0) is 42.0 Å². The minimum absolute atomic E-state index is 0.00932. The molecule has 5 rings (SSSR count). The molecule has 7 heteroatoms. The van der Waals surface area contributed by atoms with E-state index in [1.165, 1.54) is 29.2 Å². The predicted octanol–water partition coefficient (Wildman–Crippen LogP) is 2.62. The zero-order valence-corrected chi connectivity index (χ0v) is 18.0. The Morgan fingerprint density at radius 1 is 1.19 bits per heavy atom. The maximum atomic E-state index is 11.9. The number of hydrogen-bond donors (Lipinski definition) is 0. The highest BCUT2D eigenvalue weighted by atomic mass is 16.5. The van der Waals surface area contributed by atoms with E-state index in [-0.39, 0.29) is 12.0 Å². The van der Waals surface area contributed by atoms with E-state index >= 15 is 0 Å². The lowest BCUT2D eigenvalue weighted by Gasteiger charge is -2.37. The molecule has 2 aliphatic heterocycles. The number of amides is 1. The maximum absolute atomic E-state index is 11.9. The first-order valence-electron chi connectivity index (χ1n) is 11.0. The maximum Gasteiger partial charge on any atom is 0.318 e. The van der Waals surface area contributed by atoms with Crippen LogP contribution in [0.1, 0.15) is 40.5 Å². The van der Waals surface area contributed by atoms with Crippen LogP contribution in [0.3, 0.4) is 0 Å². The second-order valence-electron chi connectivity index (χ2n) is 8.32. The number of piperazine rings is 1. The molecule has 0 spiro atoms. The molecule has 3 aliphatic rings. The van der Waals surface area contributed by atoms with Crippen molar-refractivity contribution in [3.63, 3.8) is 0 Å². The number of aromatic nitrogens is 2. The molecule has 1 unspecified atom stereocenters. The predicted molar refractivity (Wildman–Crippen MR) is 117 cm³/mol. The molecule has 31 heavy (non-hydrogen) atoms. The number of carbonyl (C=O) groups is 1. The van der Waals surface area contributed by atoms with Gasteiger partial charge in [0, 0.05) is 38.2 Å². The zero-order chi connectivity index (χ0) is 21.4. The molecule has 0 N–H and O–H groups in total. The summed E-state index contributed by atoms with van der Waals surface area (Å²) in [5.41, 5.74) is 6.25. The van der Waals surface area contributed by atoms with Crippen LogP contribution in [-0.2, 0) is 35.4 Å². The molecule has 1 atom stereocenters. The van der Waals surface area contributed by atoms with Gasteiger partial charge in [-0.2, -0.15) is 9.97 Å². The molecule has 0 bridgehead atoms. The normalized spacial score (nSPS) is 20.2. The minimum Gasteiger partial charge on any atom is -0.467 e. The first-order valence-corrected chi connectivity index (χ1v) is 11.0. The van der Waals surface area contributed by atoms with Gasteiger partial charge < -0.3 is 19.3 Å². The van der Waals surface area contributed by atoms with Crippen LogP contribution in [0.25, 0.3) is 0 Å². The Labute approximate surface area is 182 Å². The van der Waals surface area contributed by atoms with Gasteiger partial charge in [-0.3, -0.25) is 4.79 Å². The van der Waals surface area contributed by atoms with Gasteiger partial charge in [-0.15, -0.1) is 0 Å². The molecule has 1 aromatic carbocycles. The standard InChI is InChI=1S/C24H28N4O3/c1-3-22(29)27-10-12-28(13-11-27)23-19-15-31-21(14-20(19)25-24(26-23)30-2)18-9-5-7-16-6-4-8-17(16)18/h3,5,7,9,21H,1,4,6,8,10-15H2,2H3. The number of hydrogen-bond acceptors (Lipinski definition) is 6. The SMILES string of the molecule is C=CC(=O)N1CCN(c2nc(OC)nc3c2COC(c2cccc4c2CCC4)C3)CC1. The third-order valence-electron chi connectivity index (χ3n) is 6.64. The molecule has 0 saturated carbocycles. The van der Waals surface area contributed by atoms with Crippen molar-refractivity contribution in [2.75, 3.05) is 38.2 Å². The van der Waals surface area contributed by atoms with Gasteiger partial charge in [0.05, 0.1) is 25.5 Å². The van der Waals surface area contributed by atoms with E-state index in [1.54, 1.807) is 7.11 Å². The van der Waals surface area contributed by atoms with Gasteiger partial charge in [-0.1, -0.05) is 24.8 Å². The molecule has 0 radical (unpaired) electrons. The Morgan fingerprint density at radius 2 is 2.03 bits per heavy atom. The monoisotopic (exact) mass is 420 g/mol. The van der Waals surface area contributed by atoms with E-state index in [2.05, 4.69) is 34.7 Å². The van der Waals surface area contributed by atoms with E-state index < -0.39 is 0 Å². The van der Waals surface area contributed by atoms with Gasteiger partial charge in [0.2, 0.25) is 5.91 Å². The molecular weight excluding hydrogens is 392 g/mol. The summed E-state index contributed by atoms with van der Waals surface area (Å²) < 4.78 is 11.8. The van der Waals surface area contributed by atoms with Gasteiger partial charge in [0.15, 0.2) is 0 Å². The summed E-state index contributed by atoms with van der Waals surface area (Å²) in [6, 6.07) is 6.98. The molecule has 2 aromatic rings. The summed E-state index contributed by atoms with van der Waals surface area (Å²) in [5, 5.41) is 0. The van der Waals surface area contributed by atoms with Gasteiger partial charge in [-0.25, -0.2) is 0 Å². The van der Waals surface area contributed by atoms with Crippen LogP contribution >= 0.6 is 0 Å². The van der Waals surface area contributed by atoms with E-state index in [1.807, 2.05) is 4.90 Å². The molecular formula is C24H28N4O3. The highest BCUT2D eigenvalue weighted by molar-refractivity contribution is 5.87. The Hall–Kier alpha value is -2.93. The average Bonchev–Trinajstić information content (AvgIpc) is 3.31. The van der Waals surface area contributed by atoms with Gasteiger partial charge in [0.1, 0.15) is 5.82 Å². The number of methoxy groups -OCH3 is 1. The summed E-state index contributed by atoms with van der Waals surface area (Å²) >= 11 is 0. The number of rotatable bonds is 4. The fourth-order valence-corrected chi connectivity index (χ4v) is 5.00. The molecule has 1 saturated heterocycles. The van der Waals surface area contributed by atoms with E-state index in [9.17, 15) is 4.79 Å². The fraction of sp³-hybridized carbons (Fsp3) is 0.458. The molecule has 1 aromatic heterocycles. The van der Waals surface area contributed by atoms with Crippen molar-refractivity contribution in [3.8, 4) is 6.01 Å². The molecule has 1 fully saturated rings. The summed E-state index contributed by atoms with van der Waals surface area (Å²) in [5.74, 6) is 0.841. The second-order valence-corrected chi connectivity index (χ2v) is 8.32. The van der Waals surface area contributed by atoms with Crippen molar-refractivity contribution in [1.82, 2.24) is 14.9 Å². The topological polar surface area (TPSA) is 67.8 Å². The highest BCUT2D eigenvalue weighted by Crippen LogP contribution is 2.38. The highest BCUT2D eigenvalue weighted by Gasteiger charge is 2.31. The van der Waals surface area contributed by atoms with Crippen LogP contribution in [0, 0.1) is 0 Å². The first-order chi connectivity index (χ1) is 15.2. The second kappa shape index (κ2) is 8.30. The minimum atomic E-state index is -0.0245. The molecule has 162 valence electrons. The lowest BCUT2D eigenvalue weighted by Crippen LogP contribution is -2.49. The molecule has 7 nitrogen and oxygen atoms in total. The van der Waals surface area contributed by atoms with Crippen LogP contribution in [-0.4, -0.2) is 54.1 Å². The van der Waals surface area contributed by atoms with Crippen LogP contribution in [0.2, 0.25) is 0 Å². The van der Waals surface area contributed by atoms with Crippen molar-refractivity contribution >= 4 is 11.7 Å². The number of carbonyl (C=O) groups excluding carboxylic acids is 1. The van der Waals surface area contributed by atoms with Crippen molar-refractivity contribution in [2.24, 2.45) is 0 Å². The first kappa shape index (κ1) is 20.0. The Bertz CT molecular complexity index is 1010. The van der Waals surface area contributed by atoms with E-state index in [0.29, 0.717) is 45.2 Å². The summed E-state index contributed by atoms with van der Waals surface area (Å²) in [6.45, 7) is 6.78. The third kappa shape index (κ3) is 3.67. The van der Waals surface area contributed by atoms with Gasteiger partial charge >= 0.3 is 6.01 Å². The number of ether oxygens (including phenoxy) is 2. The van der Waals surface area contributed by atoms with Crippen LogP contribution < -0.4 is 9.64 Å². The molecule has 3 heterocycles. The quantitative estimate of drug-likeness (QED) is 0.709. The molecule has 1 aliphatic carbocycles. The number of fused-ring (bicyclic) bond motifs is 2. The Morgan fingerprint density at radius 3 is 2.81 bits per heavy atom. The lowest BCUT2D eigenvalue weighted by molar-refractivity contribution is -0.126. The van der Waals surface area contributed by atoms with Gasteiger partial charge in [0.25, 0.3) is 0 Å².